The number of halogens is 1. The smallest absolute Gasteiger partial charge is 0.287 e. The molecule has 0 fully saturated rings. The molecule has 128 valence electrons. The van der Waals surface area contributed by atoms with Gasteiger partial charge in [-0.1, -0.05) is 23.7 Å². The van der Waals surface area contributed by atoms with Crippen LogP contribution in [-0.2, 0) is 11.5 Å². The largest absolute Gasteiger partial charge is 0.394 e. The van der Waals surface area contributed by atoms with Gasteiger partial charge in [0, 0.05) is 16.8 Å². The van der Waals surface area contributed by atoms with E-state index < -0.39 is 0 Å². The summed E-state index contributed by atoms with van der Waals surface area (Å²) in [6.07, 6.45) is 3.17. The van der Waals surface area contributed by atoms with Crippen LogP contribution in [0.1, 0.15) is 0 Å². The molecule has 0 unspecified atom stereocenters. The summed E-state index contributed by atoms with van der Waals surface area (Å²) in [6.45, 7) is 0.274. The summed E-state index contributed by atoms with van der Waals surface area (Å²) in [7, 11) is 0. The molecule has 0 saturated carbocycles. The van der Waals surface area contributed by atoms with Gasteiger partial charge in [-0.05, 0) is 12.1 Å². The molecule has 0 bridgehead atoms. The number of hydrogen-bond acceptors (Lipinski definition) is 5. The first-order valence-corrected chi connectivity index (χ1v) is 7.96. The van der Waals surface area contributed by atoms with E-state index in [0.29, 0.717) is 16.4 Å². The summed E-state index contributed by atoms with van der Waals surface area (Å²) in [5.41, 5.74) is 1.97. The topological polar surface area (TPSA) is 97.4 Å². The molecule has 0 aliphatic rings. The van der Waals surface area contributed by atoms with Crippen LogP contribution in [0.5, 0.6) is 0 Å². The van der Waals surface area contributed by atoms with E-state index in [1.165, 1.54) is 10.7 Å². The number of imidazole rings is 2. The van der Waals surface area contributed by atoms with Crippen molar-refractivity contribution in [3.8, 4) is 11.3 Å². The third kappa shape index (κ3) is 2.80. The number of nitrogens with zero attached hydrogens (tertiary/aromatic N) is 4. The normalized spacial score (nSPS) is 11.6. The monoisotopic (exact) mass is 359 g/mol. The van der Waals surface area contributed by atoms with Gasteiger partial charge >= 0.3 is 0 Å². The minimum atomic E-state index is -0.273. The van der Waals surface area contributed by atoms with E-state index in [9.17, 15) is 4.79 Å². The third-order valence-electron chi connectivity index (χ3n) is 3.78. The van der Waals surface area contributed by atoms with Crippen LogP contribution >= 0.6 is 11.6 Å². The number of hydrogen-bond donors (Lipinski definition) is 2. The van der Waals surface area contributed by atoms with Crippen LogP contribution in [-0.4, -0.2) is 42.2 Å². The van der Waals surface area contributed by atoms with E-state index in [1.807, 2.05) is 12.1 Å². The molecule has 4 rings (SSSR count). The van der Waals surface area contributed by atoms with Gasteiger partial charge in [0.05, 0.1) is 25.2 Å². The van der Waals surface area contributed by atoms with E-state index >= 15 is 0 Å². The average molecular weight is 360 g/mol. The van der Waals surface area contributed by atoms with Crippen molar-refractivity contribution in [2.75, 3.05) is 13.2 Å². The number of nitrogens with one attached hydrogen (secondary N) is 1. The molecule has 4 aromatic rings. The molecule has 1 aromatic carbocycles. The predicted octanol–water partition coefficient (Wildman–Crippen LogP) is 1.66. The average Bonchev–Trinajstić information content (AvgIpc) is 3.20. The van der Waals surface area contributed by atoms with Crippen molar-refractivity contribution < 1.29 is 9.84 Å². The zero-order chi connectivity index (χ0) is 17.4. The van der Waals surface area contributed by atoms with Gasteiger partial charge in [-0.3, -0.25) is 9.36 Å². The van der Waals surface area contributed by atoms with Crippen molar-refractivity contribution in [2.45, 2.75) is 6.73 Å². The summed E-state index contributed by atoms with van der Waals surface area (Å²) < 4.78 is 8.31. The van der Waals surface area contributed by atoms with E-state index in [2.05, 4.69) is 15.0 Å². The maximum absolute atomic E-state index is 12.7. The predicted molar refractivity (Wildman–Crippen MR) is 92.6 cm³/mol. The first kappa shape index (κ1) is 15.8. The number of ether oxygens (including phenoxy) is 1. The first-order chi connectivity index (χ1) is 12.2. The Labute approximate surface area is 146 Å². The van der Waals surface area contributed by atoms with Gasteiger partial charge in [0.25, 0.3) is 5.56 Å². The number of benzene rings is 1. The molecule has 2 N–H and O–H groups in total. The fraction of sp³-hybridized carbons (Fsp3) is 0.188. The van der Waals surface area contributed by atoms with Crippen LogP contribution < -0.4 is 5.56 Å². The van der Waals surface area contributed by atoms with Gasteiger partial charge in [-0.15, -0.1) is 0 Å². The summed E-state index contributed by atoms with van der Waals surface area (Å²) in [4.78, 5) is 24.4. The molecule has 0 atom stereocenters. The molecule has 0 radical (unpaired) electrons. The number of aromatic amines is 1. The highest BCUT2D eigenvalue weighted by atomic mass is 35.5. The number of rotatable bonds is 5. The molecular weight excluding hydrogens is 346 g/mol. The first-order valence-electron chi connectivity index (χ1n) is 7.58. The lowest BCUT2D eigenvalue weighted by molar-refractivity contribution is 0.0499. The fourth-order valence-corrected chi connectivity index (χ4v) is 2.81. The minimum absolute atomic E-state index is 0.0768. The second kappa shape index (κ2) is 6.32. The minimum Gasteiger partial charge on any atom is -0.394 e. The molecule has 0 aliphatic heterocycles. The summed E-state index contributed by atoms with van der Waals surface area (Å²) in [5, 5.41) is 9.40. The van der Waals surface area contributed by atoms with Crippen LogP contribution in [0.15, 0.2) is 41.6 Å². The van der Waals surface area contributed by atoms with Gasteiger partial charge in [-0.25, -0.2) is 9.38 Å². The van der Waals surface area contributed by atoms with Crippen LogP contribution in [0.4, 0.5) is 0 Å². The lowest BCUT2D eigenvalue weighted by Gasteiger charge is -2.03. The Bertz CT molecular complexity index is 1110. The molecule has 3 aromatic heterocycles. The van der Waals surface area contributed by atoms with Crippen molar-refractivity contribution in [3.05, 3.63) is 52.2 Å². The van der Waals surface area contributed by atoms with Crippen molar-refractivity contribution in [1.29, 1.82) is 0 Å². The van der Waals surface area contributed by atoms with Gasteiger partial charge in [-0.2, -0.15) is 4.98 Å². The van der Waals surface area contributed by atoms with Crippen molar-refractivity contribution >= 4 is 28.5 Å². The lowest BCUT2D eigenvalue weighted by atomic mass is 10.2. The summed E-state index contributed by atoms with van der Waals surface area (Å²) in [6, 6.07) is 7.32. The number of aliphatic hydroxyl groups is 1. The number of fused-ring (bicyclic) bond motifs is 2. The van der Waals surface area contributed by atoms with E-state index in [4.69, 9.17) is 21.4 Å². The Hall–Kier alpha value is -2.68. The Balaban J connectivity index is 1.83. The third-order valence-corrected chi connectivity index (χ3v) is 4.01. The number of H-pyrrole nitrogens is 1. The molecule has 0 amide bonds. The van der Waals surface area contributed by atoms with E-state index in [0.717, 1.165) is 11.3 Å². The summed E-state index contributed by atoms with van der Waals surface area (Å²) in [5.74, 6) is 0.399. The quantitative estimate of drug-likeness (QED) is 0.528. The van der Waals surface area contributed by atoms with E-state index in [1.54, 1.807) is 22.9 Å². The molecule has 25 heavy (non-hydrogen) atoms. The maximum atomic E-state index is 12.7. The number of aromatic nitrogens is 5. The highest BCUT2D eigenvalue weighted by Crippen LogP contribution is 2.22. The number of aliphatic hydroxyl groups excluding tert-OH is 1. The summed E-state index contributed by atoms with van der Waals surface area (Å²) >= 11 is 6.03. The van der Waals surface area contributed by atoms with Gasteiger partial charge < -0.3 is 14.8 Å². The van der Waals surface area contributed by atoms with Crippen molar-refractivity contribution in [3.63, 3.8) is 0 Å². The highest BCUT2D eigenvalue weighted by molar-refractivity contribution is 6.30. The van der Waals surface area contributed by atoms with Crippen LogP contribution in [0.3, 0.4) is 0 Å². The zero-order valence-electron chi connectivity index (χ0n) is 13.0. The molecule has 0 spiro atoms. The Kier molecular flexibility index (Phi) is 4.00. The second-order valence-corrected chi connectivity index (χ2v) is 5.87. The van der Waals surface area contributed by atoms with Crippen LogP contribution in [0.25, 0.3) is 28.2 Å². The standard InChI is InChI=1S/C16H14ClN5O3/c17-11-3-1-2-10(6-11)12-7-22-15(24)13-14(20-16(22)19-12)21(8-18-13)9-25-5-4-23/h1-3,6-8,23H,4-5,9H2,(H,19,20). The molecule has 8 nitrogen and oxygen atoms in total. The Morgan fingerprint density at radius 1 is 1.36 bits per heavy atom. The fourth-order valence-electron chi connectivity index (χ4n) is 2.62. The van der Waals surface area contributed by atoms with Crippen molar-refractivity contribution in [1.82, 2.24) is 23.9 Å². The highest BCUT2D eigenvalue weighted by Gasteiger charge is 2.14. The van der Waals surface area contributed by atoms with Gasteiger partial charge in [0.1, 0.15) is 6.73 Å². The SMILES string of the molecule is O=c1c2ncn(COCCO)c2nc2[nH]c(-c3cccc(Cl)c3)cn12. The van der Waals surface area contributed by atoms with Gasteiger partial charge in [0.2, 0.25) is 5.78 Å². The Morgan fingerprint density at radius 2 is 2.24 bits per heavy atom. The Morgan fingerprint density at radius 3 is 3.04 bits per heavy atom. The van der Waals surface area contributed by atoms with Gasteiger partial charge in [0.15, 0.2) is 11.2 Å². The van der Waals surface area contributed by atoms with Crippen LogP contribution in [0, 0.1) is 0 Å². The molecule has 9 heteroatoms. The molecular formula is C16H14ClN5O3. The maximum Gasteiger partial charge on any atom is 0.287 e. The molecule has 3 heterocycles. The van der Waals surface area contributed by atoms with E-state index in [-0.39, 0.29) is 31.0 Å². The van der Waals surface area contributed by atoms with Crippen molar-refractivity contribution in [2.24, 2.45) is 0 Å². The lowest BCUT2D eigenvalue weighted by Crippen LogP contribution is -2.14. The molecule has 0 saturated heterocycles. The zero-order valence-corrected chi connectivity index (χ0v) is 13.8. The second-order valence-electron chi connectivity index (χ2n) is 5.44. The molecule has 0 aliphatic carbocycles. The van der Waals surface area contributed by atoms with Crippen LogP contribution in [0.2, 0.25) is 5.02 Å².